The van der Waals surface area contributed by atoms with Crippen molar-refractivity contribution < 1.29 is 9.53 Å². The maximum absolute atomic E-state index is 12.2. The van der Waals surface area contributed by atoms with E-state index in [-0.39, 0.29) is 17.4 Å². The van der Waals surface area contributed by atoms with Gasteiger partial charge >= 0.3 is 6.09 Å². The largest absolute Gasteiger partial charge is 0.444 e. The molecule has 3 N–H and O–H groups in total. The van der Waals surface area contributed by atoms with E-state index in [1.54, 1.807) is 45.2 Å². The molecule has 26 heavy (non-hydrogen) atoms. The second-order valence-corrected chi connectivity index (χ2v) is 7.69. The van der Waals surface area contributed by atoms with E-state index in [9.17, 15) is 9.59 Å². The molecule has 0 saturated heterocycles. The fourth-order valence-corrected chi connectivity index (χ4v) is 2.46. The van der Waals surface area contributed by atoms with Gasteiger partial charge in [-0.2, -0.15) is 0 Å². The summed E-state index contributed by atoms with van der Waals surface area (Å²) in [5.74, 6) is 0.262. The highest BCUT2D eigenvalue weighted by Crippen LogP contribution is 2.25. The van der Waals surface area contributed by atoms with E-state index in [0.717, 1.165) is 0 Å². The molecular formula is C18H24N4O3S. The van der Waals surface area contributed by atoms with E-state index in [1.807, 2.05) is 13.8 Å². The zero-order valence-electron chi connectivity index (χ0n) is 15.5. The lowest BCUT2D eigenvalue weighted by molar-refractivity contribution is 0.0636. The first-order valence-corrected chi connectivity index (χ1v) is 8.68. The lowest BCUT2D eigenvalue weighted by Gasteiger charge is -2.20. The lowest BCUT2D eigenvalue weighted by Crippen LogP contribution is -2.27. The van der Waals surface area contributed by atoms with Crippen molar-refractivity contribution in [1.82, 2.24) is 9.97 Å². The van der Waals surface area contributed by atoms with E-state index in [1.165, 1.54) is 0 Å². The molecule has 0 fully saturated rings. The van der Waals surface area contributed by atoms with Crippen molar-refractivity contribution in [3.8, 4) is 11.3 Å². The Morgan fingerprint density at radius 1 is 1.27 bits per heavy atom. The first kappa shape index (κ1) is 19.8. The molecule has 1 heterocycles. The lowest BCUT2D eigenvalue weighted by atomic mass is 10.1. The van der Waals surface area contributed by atoms with E-state index >= 15 is 0 Å². The zero-order chi connectivity index (χ0) is 19.5. The third-order valence-electron chi connectivity index (χ3n) is 3.09. The number of benzene rings is 1. The molecule has 0 aliphatic rings. The molecule has 0 bridgehead atoms. The average molecular weight is 376 g/mol. The SMILES string of the molecule is CC(C)Nc1ncc(-c2cc(S)cc(NC(=O)OC(C)(C)C)c2)[nH]c1=O. The monoisotopic (exact) mass is 376 g/mol. The van der Waals surface area contributed by atoms with Crippen LogP contribution in [0.2, 0.25) is 0 Å². The summed E-state index contributed by atoms with van der Waals surface area (Å²) >= 11 is 4.36. The zero-order valence-corrected chi connectivity index (χ0v) is 16.4. The van der Waals surface area contributed by atoms with Gasteiger partial charge in [-0.3, -0.25) is 10.1 Å². The standard InChI is InChI=1S/C18H24N4O3S/c1-10(2)20-15-16(23)22-14(9-19-15)11-6-12(8-13(26)7-11)21-17(24)25-18(3,4)5/h6-10,26H,1-5H3,(H,19,20)(H,21,24)(H,22,23). The minimum absolute atomic E-state index is 0.0971. The van der Waals surface area contributed by atoms with Crippen LogP contribution in [-0.4, -0.2) is 27.7 Å². The summed E-state index contributed by atoms with van der Waals surface area (Å²) in [6, 6.07) is 5.27. The van der Waals surface area contributed by atoms with Crippen molar-refractivity contribution >= 4 is 30.2 Å². The second kappa shape index (κ2) is 7.82. The van der Waals surface area contributed by atoms with E-state index in [4.69, 9.17) is 4.74 Å². The van der Waals surface area contributed by atoms with Crippen LogP contribution in [0.5, 0.6) is 0 Å². The molecule has 0 unspecified atom stereocenters. The van der Waals surface area contributed by atoms with Crippen LogP contribution in [0.25, 0.3) is 11.3 Å². The normalized spacial score (nSPS) is 11.3. The van der Waals surface area contributed by atoms with Gasteiger partial charge in [-0.15, -0.1) is 12.6 Å². The highest BCUT2D eigenvalue weighted by atomic mass is 32.1. The maximum Gasteiger partial charge on any atom is 0.412 e. The van der Waals surface area contributed by atoms with Gasteiger partial charge in [0.15, 0.2) is 5.82 Å². The number of amides is 1. The van der Waals surface area contributed by atoms with Crippen LogP contribution in [0, 0.1) is 0 Å². The molecule has 0 saturated carbocycles. The number of nitrogens with one attached hydrogen (secondary N) is 3. The minimum atomic E-state index is -0.597. The molecule has 1 aromatic carbocycles. The first-order chi connectivity index (χ1) is 12.0. The van der Waals surface area contributed by atoms with Gasteiger partial charge < -0.3 is 15.0 Å². The molecular weight excluding hydrogens is 352 g/mol. The Kier molecular flexibility index (Phi) is 5.97. The quantitative estimate of drug-likeness (QED) is 0.607. The Morgan fingerprint density at radius 2 is 1.96 bits per heavy atom. The number of anilines is 2. The van der Waals surface area contributed by atoms with Gasteiger partial charge in [0.1, 0.15) is 5.60 Å². The van der Waals surface area contributed by atoms with Crippen molar-refractivity contribution in [2.75, 3.05) is 10.6 Å². The summed E-state index contributed by atoms with van der Waals surface area (Å²) in [7, 11) is 0. The number of rotatable bonds is 4. The molecule has 7 nitrogen and oxygen atoms in total. The van der Waals surface area contributed by atoms with Gasteiger partial charge in [0.25, 0.3) is 5.56 Å². The Balaban J connectivity index is 2.28. The van der Waals surface area contributed by atoms with Crippen molar-refractivity contribution in [3.05, 3.63) is 34.7 Å². The fraction of sp³-hybridized carbons (Fsp3) is 0.389. The number of carbonyl (C=O) groups is 1. The highest BCUT2D eigenvalue weighted by Gasteiger charge is 2.16. The Morgan fingerprint density at radius 3 is 2.54 bits per heavy atom. The smallest absolute Gasteiger partial charge is 0.412 e. The number of carbonyl (C=O) groups excluding carboxylic acids is 1. The molecule has 0 spiro atoms. The van der Waals surface area contributed by atoms with Gasteiger partial charge in [-0.1, -0.05) is 0 Å². The Labute approximate surface area is 158 Å². The second-order valence-electron chi connectivity index (χ2n) is 7.17. The third kappa shape index (κ3) is 5.80. The molecule has 0 aliphatic heterocycles. The number of nitrogens with zero attached hydrogens (tertiary/aromatic N) is 1. The Hall–Kier alpha value is -2.48. The number of aromatic amines is 1. The third-order valence-corrected chi connectivity index (χ3v) is 3.34. The van der Waals surface area contributed by atoms with Gasteiger partial charge in [-0.05, 0) is 52.8 Å². The average Bonchev–Trinajstić information content (AvgIpc) is 2.46. The summed E-state index contributed by atoms with van der Waals surface area (Å²) in [6.45, 7) is 9.21. The molecule has 2 aromatic rings. The summed E-state index contributed by atoms with van der Waals surface area (Å²) in [5, 5.41) is 5.65. The summed E-state index contributed by atoms with van der Waals surface area (Å²) < 4.78 is 5.25. The molecule has 0 radical (unpaired) electrons. The van der Waals surface area contributed by atoms with Crippen molar-refractivity contribution in [2.24, 2.45) is 0 Å². The van der Waals surface area contributed by atoms with Crippen LogP contribution < -0.4 is 16.2 Å². The minimum Gasteiger partial charge on any atom is -0.444 e. The molecule has 0 aliphatic carbocycles. The Bertz CT molecular complexity index is 856. The van der Waals surface area contributed by atoms with Gasteiger partial charge in [-0.25, -0.2) is 9.78 Å². The van der Waals surface area contributed by atoms with Gasteiger partial charge in [0.05, 0.1) is 11.9 Å². The number of ether oxygens (including phenoxy) is 1. The van der Waals surface area contributed by atoms with Gasteiger partial charge in [0.2, 0.25) is 0 Å². The van der Waals surface area contributed by atoms with Crippen LogP contribution in [0.4, 0.5) is 16.3 Å². The number of hydrogen-bond donors (Lipinski definition) is 4. The maximum atomic E-state index is 12.2. The number of H-pyrrole nitrogens is 1. The fourth-order valence-electron chi connectivity index (χ4n) is 2.18. The molecule has 1 aromatic heterocycles. The summed E-state index contributed by atoms with van der Waals surface area (Å²) in [5.41, 5.74) is 0.783. The van der Waals surface area contributed by atoms with Crippen LogP contribution in [-0.2, 0) is 4.74 Å². The molecule has 1 amide bonds. The van der Waals surface area contributed by atoms with Crippen LogP contribution in [0.1, 0.15) is 34.6 Å². The van der Waals surface area contributed by atoms with E-state index in [0.29, 0.717) is 21.8 Å². The predicted molar refractivity (Wildman–Crippen MR) is 106 cm³/mol. The molecule has 2 rings (SSSR count). The predicted octanol–water partition coefficient (Wildman–Crippen LogP) is 3.89. The summed E-state index contributed by atoms with van der Waals surface area (Å²) in [4.78, 5) is 31.7. The topological polar surface area (TPSA) is 96.1 Å². The summed E-state index contributed by atoms with van der Waals surface area (Å²) in [6.07, 6.45) is 0.997. The first-order valence-electron chi connectivity index (χ1n) is 8.24. The molecule has 8 heteroatoms. The van der Waals surface area contributed by atoms with Crippen LogP contribution in [0.15, 0.2) is 34.1 Å². The van der Waals surface area contributed by atoms with Gasteiger partial charge in [0, 0.05) is 22.2 Å². The number of hydrogen-bond acceptors (Lipinski definition) is 6. The van der Waals surface area contributed by atoms with E-state index < -0.39 is 11.7 Å². The van der Waals surface area contributed by atoms with E-state index in [2.05, 4.69) is 33.2 Å². The van der Waals surface area contributed by atoms with Crippen molar-refractivity contribution in [3.63, 3.8) is 0 Å². The number of thiol groups is 1. The van der Waals surface area contributed by atoms with Crippen LogP contribution >= 0.6 is 12.6 Å². The van der Waals surface area contributed by atoms with Crippen molar-refractivity contribution in [1.29, 1.82) is 0 Å². The number of aromatic nitrogens is 2. The van der Waals surface area contributed by atoms with Crippen LogP contribution in [0.3, 0.4) is 0 Å². The van der Waals surface area contributed by atoms with Crippen molar-refractivity contribution in [2.45, 2.75) is 51.2 Å². The molecule has 140 valence electrons. The highest BCUT2D eigenvalue weighted by molar-refractivity contribution is 7.80. The molecule has 0 atom stereocenters.